The van der Waals surface area contributed by atoms with Gasteiger partial charge in [-0.2, -0.15) is 0 Å². The molecule has 0 bridgehead atoms. The summed E-state index contributed by atoms with van der Waals surface area (Å²) in [5, 5.41) is 7.56. The van der Waals surface area contributed by atoms with Gasteiger partial charge in [-0.3, -0.25) is 0 Å². The summed E-state index contributed by atoms with van der Waals surface area (Å²) in [5.74, 6) is 0. The second-order valence-electron chi connectivity index (χ2n) is 16.4. The summed E-state index contributed by atoms with van der Waals surface area (Å²) >= 11 is 0. The van der Waals surface area contributed by atoms with E-state index in [1.54, 1.807) is 0 Å². The molecule has 0 spiro atoms. The Bertz CT molecular complexity index is 3400. The minimum absolute atomic E-state index is 0.503. The average molecular weight is 788 g/mol. The van der Waals surface area contributed by atoms with Gasteiger partial charge in [0.1, 0.15) is 0 Å². The molecule has 0 unspecified atom stereocenters. The van der Waals surface area contributed by atoms with Crippen molar-refractivity contribution in [2.75, 3.05) is 4.90 Å². The molecule has 0 radical (unpaired) electrons. The van der Waals surface area contributed by atoms with Gasteiger partial charge in [0.15, 0.2) is 0 Å². The second-order valence-corrected chi connectivity index (χ2v) is 16.4. The van der Waals surface area contributed by atoms with Crippen molar-refractivity contribution in [3.63, 3.8) is 0 Å². The van der Waals surface area contributed by atoms with E-state index < -0.39 is 5.41 Å². The zero-order chi connectivity index (χ0) is 41.0. The molecule has 0 saturated heterocycles. The second kappa shape index (κ2) is 14.6. The molecule has 0 N–H and O–H groups in total. The van der Waals surface area contributed by atoms with Gasteiger partial charge in [-0.1, -0.05) is 200 Å². The maximum atomic E-state index is 2.46. The lowest BCUT2D eigenvalue weighted by molar-refractivity contribution is 0.768. The van der Waals surface area contributed by atoms with Gasteiger partial charge in [0.25, 0.3) is 0 Å². The minimum Gasteiger partial charge on any atom is -0.310 e. The summed E-state index contributed by atoms with van der Waals surface area (Å²) in [6.45, 7) is 0. The van der Waals surface area contributed by atoms with Crippen molar-refractivity contribution in [3.05, 3.63) is 271 Å². The van der Waals surface area contributed by atoms with Gasteiger partial charge in [-0.05, 0) is 136 Å². The first-order valence-corrected chi connectivity index (χ1v) is 21.5. The molecule has 11 aromatic carbocycles. The average Bonchev–Trinajstić information content (AvgIpc) is 3.65. The highest BCUT2D eigenvalue weighted by Gasteiger charge is 2.46. The van der Waals surface area contributed by atoms with Crippen molar-refractivity contribution in [2.45, 2.75) is 5.41 Å². The lowest BCUT2D eigenvalue weighted by atomic mass is 9.67. The van der Waals surface area contributed by atoms with Gasteiger partial charge < -0.3 is 4.90 Å². The lowest BCUT2D eigenvalue weighted by Gasteiger charge is -2.35. The van der Waals surface area contributed by atoms with Crippen molar-refractivity contribution in [1.82, 2.24) is 0 Å². The standard InChI is InChI=1S/C61H41N/c1-3-18-48(19-4-1)61(49-20-5-2-6-21-49)59-26-14-13-25-56(59)57-38-37-52(41-60(57)61)62(50-33-29-43(30-34-50)46-28-27-42-15-7-8-16-45(42)39-46)51-35-31-44(32-36-51)58-40-47-17-9-10-22-53(47)54-23-11-12-24-55(54)58/h1-41H. The SMILES string of the molecule is c1ccc(C2(c3ccccc3)c3ccccc3-c3ccc(N(c4ccc(-c5ccc6ccccc6c5)cc4)c4ccc(-c5cc6ccccc6c6ccccc56)cc4)cc32)cc1. The van der Waals surface area contributed by atoms with E-state index in [9.17, 15) is 0 Å². The van der Waals surface area contributed by atoms with Gasteiger partial charge in [-0.25, -0.2) is 0 Å². The number of hydrogen-bond acceptors (Lipinski definition) is 1. The van der Waals surface area contributed by atoms with Crippen LogP contribution in [0, 0.1) is 0 Å². The number of rotatable bonds is 7. The molecule has 0 amide bonds. The molecule has 1 aliphatic rings. The van der Waals surface area contributed by atoms with Crippen LogP contribution in [0.3, 0.4) is 0 Å². The van der Waals surface area contributed by atoms with Crippen LogP contribution in [-0.4, -0.2) is 0 Å². The zero-order valence-corrected chi connectivity index (χ0v) is 34.1. The van der Waals surface area contributed by atoms with Crippen LogP contribution in [0.5, 0.6) is 0 Å². The minimum atomic E-state index is -0.503. The number of anilines is 3. The Hall–Kier alpha value is -8.00. The Morgan fingerprint density at radius 2 is 0.774 bits per heavy atom. The van der Waals surface area contributed by atoms with E-state index in [0.29, 0.717) is 0 Å². The van der Waals surface area contributed by atoms with E-state index >= 15 is 0 Å². The van der Waals surface area contributed by atoms with Crippen LogP contribution in [0.1, 0.15) is 22.3 Å². The summed E-state index contributed by atoms with van der Waals surface area (Å²) < 4.78 is 0. The zero-order valence-electron chi connectivity index (χ0n) is 34.1. The van der Waals surface area contributed by atoms with Gasteiger partial charge in [-0.15, -0.1) is 0 Å². The molecule has 62 heavy (non-hydrogen) atoms. The fourth-order valence-electron chi connectivity index (χ4n) is 10.3. The smallest absolute Gasteiger partial charge is 0.0714 e. The quantitative estimate of drug-likeness (QED) is 0.145. The summed E-state index contributed by atoms with van der Waals surface area (Å²) in [5.41, 5.74) is 15.3. The normalized spacial score (nSPS) is 12.6. The summed E-state index contributed by atoms with van der Waals surface area (Å²) in [7, 11) is 0. The molecule has 0 fully saturated rings. The van der Waals surface area contributed by atoms with E-state index in [4.69, 9.17) is 0 Å². The number of fused-ring (bicyclic) bond motifs is 7. The highest BCUT2D eigenvalue weighted by molar-refractivity contribution is 6.13. The molecule has 0 heterocycles. The van der Waals surface area contributed by atoms with E-state index in [1.807, 2.05) is 0 Å². The van der Waals surface area contributed by atoms with Crippen molar-refractivity contribution in [2.24, 2.45) is 0 Å². The van der Waals surface area contributed by atoms with Crippen molar-refractivity contribution in [1.29, 1.82) is 0 Å². The Labute approximate surface area is 362 Å². The highest BCUT2D eigenvalue weighted by Crippen LogP contribution is 2.57. The first kappa shape index (κ1) is 35.9. The Morgan fingerprint density at radius 3 is 1.48 bits per heavy atom. The molecular weight excluding hydrogens is 747 g/mol. The van der Waals surface area contributed by atoms with Crippen LogP contribution in [0.25, 0.3) is 65.7 Å². The van der Waals surface area contributed by atoms with Crippen LogP contribution < -0.4 is 4.90 Å². The molecule has 290 valence electrons. The molecular formula is C61H41N. The van der Waals surface area contributed by atoms with Gasteiger partial charge in [0, 0.05) is 17.1 Å². The molecule has 0 saturated carbocycles. The van der Waals surface area contributed by atoms with E-state index in [1.165, 1.54) is 88.0 Å². The molecule has 0 atom stereocenters. The molecule has 0 aliphatic heterocycles. The predicted octanol–water partition coefficient (Wildman–Crippen LogP) is 16.3. The van der Waals surface area contributed by atoms with E-state index in [-0.39, 0.29) is 0 Å². The lowest BCUT2D eigenvalue weighted by Crippen LogP contribution is -2.28. The summed E-state index contributed by atoms with van der Waals surface area (Å²) in [6, 6.07) is 91.7. The third-order valence-corrected chi connectivity index (χ3v) is 13.1. The monoisotopic (exact) mass is 787 g/mol. The third-order valence-electron chi connectivity index (χ3n) is 13.1. The van der Waals surface area contributed by atoms with Crippen molar-refractivity contribution >= 4 is 49.4 Å². The largest absolute Gasteiger partial charge is 0.310 e. The van der Waals surface area contributed by atoms with Gasteiger partial charge in [0.05, 0.1) is 5.41 Å². The molecule has 1 aliphatic carbocycles. The van der Waals surface area contributed by atoms with E-state index in [2.05, 4.69) is 254 Å². The highest BCUT2D eigenvalue weighted by atomic mass is 15.1. The van der Waals surface area contributed by atoms with Crippen LogP contribution in [-0.2, 0) is 5.41 Å². The Morgan fingerprint density at radius 1 is 0.258 bits per heavy atom. The van der Waals surface area contributed by atoms with Crippen molar-refractivity contribution < 1.29 is 0 Å². The van der Waals surface area contributed by atoms with E-state index in [0.717, 1.165) is 17.1 Å². The predicted molar refractivity (Wildman–Crippen MR) is 262 cm³/mol. The summed E-state index contributed by atoms with van der Waals surface area (Å²) in [6.07, 6.45) is 0. The maximum absolute atomic E-state index is 2.46. The summed E-state index contributed by atoms with van der Waals surface area (Å²) in [4.78, 5) is 2.43. The fourth-order valence-corrected chi connectivity index (χ4v) is 10.3. The Kier molecular flexibility index (Phi) is 8.47. The molecule has 1 nitrogen and oxygen atoms in total. The van der Waals surface area contributed by atoms with Crippen LogP contribution >= 0.6 is 0 Å². The fraction of sp³-hybridized carbons (Fsp3) is 0.0164. The number of benzene rings is 11. The Balaban J connectivity index is 1.04. The van der Waals surface area contributed by atoms with Crippen LogP contribution in [0.2, 0.25) is 0 Å². The third kappa shape index (κ3) is 5.70. The van der Waals surface area contributed by atoms with Crippen molar-refractivity contribution in [3.8, 4) is 33.4 Å². The molecule has 11 aromatic rings. The molecule has 0 aromatic heterocycles. The number of hydrogen-bond donors (Lipinski definition) is 0. The van der Waals surface area contributed by atoms with Crippen LogP contribution in [0.4, 0.5) is 17.1 Å². The van der Waals surface area contributed by atoms with Gasteiger partial charge >= 0.3 is 0 Å². The molecule has 12 rings (SSSR count). The topological polar surface area (TPSA) is 3.24 Å². The number of nitrogens with zero attached hydrogens (tertiary/aromatic N) is 1. The first-order valence-electron chi connectivity index (χ1n) is 21.5. The van der Waals surface area contributed by atoms with Gasteiger partial charge in [0.2, 0.25) is 0 Å². The molecule has 1 heteroatoms. The van der Waals surface area contributed by atoms with Crippen LogP contribution in [0.15, 0.2) is 249 Å². The maximum Gasteiger partial charge on any atom is 0.0714 e. The first-order chi connectivity index (χ1) is 30.7.